The Morgan fingerprint density at radius 2 is 1.70 bits per heavy atom. The maximum absolute atomic E-state index is 11.8. The highest BCUT2D eigenvalue weighted by molar-refractivity contribution is 5.97. The third-order valence-corrected chi connectivity index (χ3v) is 3.14. The van der Waals surface area contributed by atoms with Crippen molar-refractivity contribution in [2.45, 2.75) is 19.4 Å². The summed E-state index contributed by atoms with van der Waals surface area (Å²) in [6, 6.07) is 12.2. The van der Waals surface area contributed by atoms with Crippen molar-refractivity contribution >= 4 is 17.3 Å². The van der Waals surface area contributed by atoms with E-state index < -0.39 is 5.54 Å². The SMILES string of the molecule is COc1cc(Oc2ccc(NC(=O)C(C)(C)N)cc2)ccc1N. The summed E-state index contributed by atoms with van der Waals surface area (Å²) in [5.74, 6) is 1.53. The van der Waals surface area contributed by atoms with E-state index in [0.717, 1.165) is 0 Å². The fourth-order valence-corrected chi connectivity index (χ4v) is 1.79. The zero-order chi connectivity index (χ0) is 17.0. The van der Waals surface area contributed by atoms with Gasteiger partial charge in [0.2, 0.25) is 5.91 Å². The van der Waals surface area contributed by atoms with Gasteiger partial charge in [-0.3, -0.25) is 4.79 Å². The molecule has 0 heterocycles. The van der Waals surface area contributed by atoms with E-state index in [9.17, 15) is 4.79 Å². The highest BCUT2D eigenvalue weighted by Gasteiger charge is 2.21. The largest absolute Gasteiger partial charge is 0.494 e. The molecular formula is C17H21N3O3. The Morgan fingerprint density at radius 1 is 1.09 bits per heavy atom. The molecular weight excluding hydrogens is 294 g/mol. The summed E-state index contributed by atoms with van der Waals surface area (Å²) in [5.41, 5.74) is 11.8. The molecule has 0 spiro atoms. The minimum absolute atomic E-state index is 0.255. The Kier molecular flexibility index (Phi) is 4.76. The maximum atomic E-state index is 11.8. The predicted molar refractivity (Wildman–Crippen MR) is 90.8 cm³/mol. The van der Waals surface area contributed by atoms with Crippen LogP contribution in [-0.4, -0.2) is 18.6 Å². The van der Waals surface area contributed by atoms with E-state index in [1.54, 1.807) is 63.4 Å². The van der Waals surface area contributed by atoms with E-state index in [1.165, 1.54) is 0 Å². The van der Waals surface area contributed by atoms with E-state index in [2.05, 4.69) is 5.32 Å². The molecule has 0 atom stereocenters. The number of ether oxygens (including phenoxy) is 2. The molecule has 2 aromatic carbocycles. The standard InChI is InChI=1S/C17H21N3O3/c1-17(2,19)16(21)20-11-4-6-12(7-5-11)23-13-8-9-14(18)15(10-13)22-3/h4-10H,18-19H2,1-3H3,(H,20,21). The van der Waals surface area contributed by atoms with Gasteiger partial charge in [0.15, 0.2) is 0 Å². The first kappa shape index (κ1) is 16.6. The number of anilines is 2. The van der Waals surface area contributed by atoms with Gasteiger partial charge in [-0.25, -0.2) is 0 Å². The lowest BCUT2D eigenvalue weighted by Gasteiger charge is -2.17. The lowest BCUT2D eigenvalue weighted by atomic mass is 10.1. The second-order valence-electron chi connectivity index (χ2n) is 5.71. The van der Waals surface area contributed by atoms with Crippen molar-refractivity contribution in [1.82, 2.24) is 0 Å². The van der Waals surface area contributed by atoms with E-state index in [0.29, 0.717) is 28.6 Å². The summed E-state index contributed by atoms with van der Waals surface area (Å²) in [6.07, 6.45) is 0. The van der Waals surface area contributed by atoms with Gasteiger partial charge in [0, 0.05) is 11.8 Å². The quantitative estimate of drug-likeness (QED) is 0.737. The number of amides is 1. The Morgan fingerprint density at radius 3 is 2.26 bits per heavy atom. The number of nitrogen functional groups attached to an aromatic ring is 1. The number of nitrogens with one attached hydrogen (secondary N) is 1. The lowest BCUT2D eigenvalue weighted by Crippen LogP contribution is -2.45. The van der Waals surface area contributed by atoms with E-state index in [1.807, 2.05) is 0 Å². The van der Waals surface area contributed by atoms with E-state index in [-0.39, 0.29) is 5.91 Å². The Hall–Kier alpha value is -2.73. The topological polar surface area (TPSA) is 99.6 Å². The molecule has 2 aromatic rings. The van der Waals surface area contributed by atoms with Gasteiger partial charge >= 0.3 is 0 Å². The van der Waals surface area contributed by atoms with Crippen LogP contribution in [0.15, 0.2) is 42.5 Å². The van der Waals surface area contributed by atoms with Gasteiger partial charge in [-0.05, 0) is 50.2 Å². The molecule has 0 fully saturated rings. The van der Waals surface area contributed by atoms with Crippen LogP contribution < -0.4 is 26.3 Å². The van der Waals surface area contributed by atoms with Crippen LogP contribution in [0, 0.1) is 0 Å². The van der Waals surface area contributed by atoms with Crippen LogP contribution in [-0.2, 0) is 4.79 Å². The molecule has 23 heavy (non-hydrogen) atoms. The van der Waals surface area contributed by atoms with Crippen LogP contribution in [0.2, 0.25) is 0 Å². The minimum Gasteiger partial charge on any atom is -0.494 e. The van der Waals surface area contributed by atoms with Gasteiger partial charge < -0.3 is 26.3 Å². The molecule has 0 unspecified atom stereocenters. The van der Waals surface area contributed by atoms with Crippen LogP contribution in [0.4, 0.5) is 11.4 Å². The number of carbonyl (C=O) groups is 1. The van der Waals surface area contributed by atoms with Crippen molar-refractivity contribution in [1.29, 1.82) is 0 Å². The first-order chi connectivity index (χ1) is 10.8. The van der Waals surface area contributed by atoms with Gasteiger partial charge in [0.05, 0.1) is 18.3 Å². The summed E-state index contributed by atoms with van der Waals surface area (Å²) < 4.78 is 10.9. The predicted octanol–water partition coefficient (Wildman–Crippen LogP) is 2.75. The van der Waals surface area contributed by atoms with Gasteiger partial charge in [0.25, 0.3) is 0 Å². The van der Waals surface area contributed by atoms with Gasteiger partial charge in [-0.1, -0.05) is 0 Å². The molecule has 0 saturated carbocycles. The molecule has 2 rings (SSSR count). The monoisotopic (exact) mass is 315 g/mol. The molecule has 1 amide bonds. The smallest absolute Gasteiger partial charge is 0.243 e. The number of rotatable bonds is 5. The van der Waals surface area contributed by atoms with Crippen molar-refractivity contribution in [3.05, 3.63) is 42.5 Å². The summed E-state index contributed by atoms with van der Waals surface area (Å²) in [7, 11) is 1.55. The average Bonchev–Trinajstić information content (AvgIpc) is 2.50. The first-order valence-corrected chi connectivity index (χ1v) is 7.11. The zero-order valence-corrected chi connectivity index (χ0v) is 13.4. The molecule has 6 nitrogen and oxygen atoms in total. The molecule has 0 aliphatic heterocycles. The van der Waals surface area contributed by atoms with Crippen molar-refractivity contribution in [3.8, 4) is 17.2 Å². The molecule has 6 heteroatoms. The molecule has 122 valence electrons. The third-order valence-electron chi connectivity index (χ3n) is 3.14. The molecule has 0 aliphatic rings. The van der Waals surface area contributed by atoms with Gasteiger partial charge in [0.1, 0.15) is 17.2 Å². The third kappa shape index (κ3) is 4.37. The van der Waals surface area contributed by atoms with Crippen LogP contribution in [0.25, 0.3) is 0 Å². The highest BCUT2D eigenvalue weighted by Crippen LogP contribution is 2.30. The van der Waals surface area contributed by atoms with Crippen molar-refractivity contribution in [3.63, 3.8) is 0 Å². The fourth-order valence-electron chi connectivity index (χ4n) is 1.79. The summed E-state index contributed by atoms with van der Waals surface area (Å²) in [4.78, 5) is 11.8. The van der Waals surface area contributed by atoms with E-state index >= 15 is 0 Å². The number of carbonyl (C=O) groups excluding carboxylic acids is 1. The number of methoxy groups -OCH3 is 1. The maximum Gasteiger partial charge on any atom is 0.243 e. The molecule has 0 aromatic heterocycles. The zero-order valence-electron chi connectivity index (χ0n) is 13.4. The number of hydrogen-bond acceptors (Lipinski definition) is 5. The summed E-state index contributed by atoms with van der Waals surface area (Å²) in [6.45, 7) is 3.29. The number of hydrogen-bond donors (Lipinski definition) is 3. The molecule has 0 bridgehead atoms. The van der Waals surface area contributed by atoms with E-state index in [4.69, 9.17) is 20.9 Å². The van der Waals surface area contributed by atoms with Crippen LogP contribution in [0.1, 0.15) is 13.8 Å². The van der Waals surface area contributed by atoms with Crippen LogP contribution in [0.3, 0.4) is 0 Å². The van der Waals surface area contributed by atoms with Crippen LogP contribution in [0.5, 0.6) is 17.2 Å². The molecule has 0 aliphatic carbocycles. The first-order valence-electron chi connectivity index (χ1n) is 7.11. The lowest BCUT2D eigenvalue weighted by molar-refractivity contribution is -0.120. The number of nitrogens with two attached hydrogens (primary N) is 2. The average molecular weight is 315 g/mol. The second-order valence-corrected chi connectivity index (χ2v) is 5.71. The highest BCUT2D eigenvalue weighted by atomic mass is 16.5. The van der Waals surface area contributed by atoms with Crippen molar-refractivity contribution in [2.75, 3.05) is 18.2 Å². The van der Waals surface area contributed by atoms with Gasteiger partial charge in [-0.2, -0.15) is 0 Å². The minimum atomic E-state index is -0.935. The molecule has 5 N–H and O–H groups in total. The van der Waals surface area contributed by atoms with Crippen LogP contribution >= 0.6 is 0 Å². The second kappa shape index (κ2) is 6.58. The Labute approximate surface area is 135 Å². The summed E-state index contributed by atoms with van der Waals surface area (Å²) in [5, 5.41) is 2.74. The Balaban J connectivity index is 2.07. The molecule has 0 radical (unpaired) electrons. The normalized spacial score (nSPS) is 11.0. The Bertz CT molecular complexity index is 691. The van der Waals surface area contributed by atoms with Crippen molar-refractivity contribution < 1.29 is 14.3 Å². The fraction of sp³-hybridized carbons (Fsp3) is 0.235. The van der Waals surface area contributed by atoms with Crippen molar-refractivity contribution in [2.24, 2.45) is 5.73 Å². The molecule has 0 saturated heterocycles. The van der Waals surface area contributed by atoms with Gasteiger partial charge in [-0.15, -0.1) is 0 Å². The number of benzene rings is 2. The summed E-state index contributed by atoms with van der Waals surface area (Å²) >= 11 is 0.